The summed E-state index contributed by atoms with van der Waals surface area (Å²) in [5, 5.41) is 6.18. The summed E-state index contributed by atoms with van der Waals surface area (Å²) in [7, 11) is 1.33. The molecular formula is C29H38F4N2O4. The van der Waals surface area contributed by atoms with E-state index in [9.17, 15) is 27.2 Å². The van der Waals surface area contributed by atoms with Crippen LogP contribution in [0.1, 0.15) is 81.5 Å². The molecule has 0 radical (unpaired) electrons. The molecule has 0 aromatic heterocycles. The quantitative estimate of drug-likeness (QED) is 0.399. The number of hydrogen-bond acceptors (Lipinski definition) is 4. The van der Waals surface area contributed by atoms with Crippen molar-refractivity contribution in [2.45, 2.75) is 89.5 Å². The standard InChI is InChI=1S/C29H38F4N2O4/c1-28(10-3-11-28)15-34-27(37)24-16-4-5-17(12-16)25(24)35-26(36)20-13-23(21(30)14-22(20)38-2)39-19-8-6-18(7-9-19)29(31,32)33/h13-14,16-19,24-25H,3-12,15H2,1-2H3,(H,34,37)(H,35,36)/t16-,17+,18-,19-,24+,25-/m1/s1. The number of carbonyl (C=O) groups is 2. The Bertz CT molecular complexity index is 1080. The fourth-order valence-corrected chi connectivity index (χ4v) is 7.14. The highest BCUT2D eigenvalue weighted by Gasteiger charge is 2.52. The second kappa shape index (κ2) is 10.8. The molecule has 4 aliphatic rings. The lowest BCUT2D eigenvalue weighted by molar-refractivity contribution is -0.185. The van der Waals surface area contributed by atoms with E-state index in [4.69, 9.17) is 9.47 Å². The third kappa shape index (κ3) is 5.85. The minimum atomic E-state index is -4.24. The molecule has 1 aromatic rings. The molecule has 0 heterocycles. The summed E-state index contributed by atoms with van der Waals surface area (Å²) >= 11 is 0. The van der Waals surface area contributed by atoms with Gasteiger partial charge in [0, 0.05) is 18.7 Å². The predicted molar refractivity (Wildman–Crippen MR) is 136 cm³/mol. The summed E-state index contributed by atoms with van der Waals surface area (Å²) in [5.74, 6) is -2.69. The van der Waals surface area contributed by atoms with Crippen molar-refractivity contribution in [3.63, 3.8) is 0 Å². The Morgan fingerprint density at radius 3 is 2.33 bits per heavy atom. The van der Waals surface area contributed by atoms with Crippen molar-refractivity contribution in [2.24, 2.45) is 29.1 Å². The molecule has 0 unspecified atom stereocenters. The van der Waals surface area contributed by atoms with Gasteiger partial charge in [0.15, 0.2) is 11.6 Å². The summed E-state index contributed by atoms with van der Waals surface area (Å²) in [6.07, 6.45) is 1.49. The molecule has 0 aliphatic heterocycles. The van der Waals surface area contributed by atoms with Crippen molar-refractivity contribution in [2.75, 3.05) is 13.7 Å². The fourth-order valence-electron chi connectivity index (χ4n) is 7.14. The molecule has 5 rings (SSSR count). The van der Waals surface area contributed by atoms with Crippen LogP contribution in [0.15, 0.2) is 12.1 Å². The molecule has 4 aliphatic carbocycles. The maximum absolute atomic E-state index is 14.8. The third-order valence-corrected chi connectivity index (χ3v) is 9.70. The highest BCUT2D eigenvalue weighted by atomic mass is 19.4. The number of rotatable bonds is 8. The Balaban J connectivity index is 1.27. The molecule has 4 saturated carbocycles. The van der Waals surface area contributed by atoms with Crippen LogP contribution in [-0.2, 0) is 4.79 Å². The lowest BCUT2D eigenvalue weighted by Gasteiger charge is -2.39. The average molecular weight is 555 g/mol. The highest BCUT2D eigenvalue weighted by molar-refractivity contribution is 5.98. The Morgan fingerprint density at radius 1 is 1.03 bits per heavy atom. The van der Waals surface area contributed by atoms with E-state index in [1.165, 1.54) is 19.6 Å². The van der Waals surface area contributed by atoms with Crippen molar-refractivity contribution in [1.29, 1.82) is 0 Å². The molecule has 1 aromatic carbocycles. The predicted octanol–water partition coefficient (Wildman–Crippen LogP) is 5.79. The number of fused-ring (bicyclic) bond motifs is 2. The van der Waals surface area contributed by atoms with Crippen molar-refractivity contribution in [1.82, 2.24) is 10.6 Å². The van der Waals surface area contributed by atoms with Gasteiger partial charge in [-0.25, -0.2) is 4.39 Å². The first-order valence-corrected chi connectivity index (χ1v) is 14.2. The second-order valence-electron chi connectivity index (χ2n) is 12.4. The van der Waals surface area contributed by atoms with E-state index >= 15 is 0 Å². The summed E-state index contributed by atoms with van der Waals surface area (Å²) in [6, 6.07) is 2.00. The molecule has 216 valence electrons. The van der Waals surface area contributed by atoms with E-state index in [0.29, 0.717) is 6.54 Å². The summed E-state index contributed by atoms with van der Waals surface area (Å²) < 4.78 is 64.9. The maximum Gasteiger partial charge on any atom is 0.391 e. The van der Waals surface area contributed by atoms with Crippen molar-refractivity contribution < 1.29 is 36.6 Å². The van der Waals surface area contributed by atoms with E-state index in [1.807, 2.05) is 0 Å². The van der Waals surface area contributed by atoms with Gasteiger partial charge in [-0.15, -0.1) is 0 Å². The van der Waals surface area contributed by atoms with Gasteiger partial charge in [0.25, 0.3) is 5.91 Å². The number of halogens is 4. The fraction of sp³-hybridized carbons (Fsp3) is 0.724. The van der Waals surface area contributed by atoms with Gasteiger partial charge in [-0.3, -0.25) is 9.59 Å². The van der Waals surface area contributed by atoms with Crippen LogP contribution in [0, 0.1) is 34.9 Å². The Labute approximate surface area is 226 Å². The molecule has 2 bridgehead atoms. The minimum absolute atomic E-state index is 0.0230. The van der Waals surface area contributed by atoms with Crippen LogP contribution in [0.4, 0.5) is 17.6 Å². The first-order valence-electron chi connectivity index (χ1n) is 14.2. The number of nitrogens with one attached hydrogen (secondary N) is 2. The molecule has 10 heteroatoms. The van der Waals surface area contributed by atoms with Gasteiger partial charge in [0.05, 0.1) is 30.6 Å². The normalized spacial score (nSPS) is 31.3. The molecule has 4 fully saturated rings. The van der Waals surface area contributed by atoms with Gasteiger partial charge in [-0.2, -0.15) is 13.2 Å². The zero-order valence-electron chi connectivity index (χ0n) is 22.5. The lowest BCUT2D eigenvalue weighted by Crippen LogP contribution is -2.51. The molecule has 0 spiro atoms. The molecular weight excluding hydrogens is 516 g/mol. The number of alkyl halides is 3. The van der Waals surface area contributed by atoms with Crippen LogP contribution < -0.4 is 20.1 Å². The topological polar surface area (TPSA) is 76.7 Å². The average Bonchev–Trinajstić information content (AvgIpc) is 3.49. The van der Waals surface area contributed by atoms with Gasteiger partial charge >= 0.3 is 6.18 Å². The number of hydrogen-bond donors (Lipinski definition) is 2. The van der Waals surface area contributed by atoms with Gasteiger partial charge < -0.3 is 20.1 Å². The SMILES string of the molecule is COc1cc(F)c(O[C@H]2CC[C@H](C(F)(F)F)CC2)cc1C(=O)N[C@@H]1[C@H]2CC[C@H](C2)[C@@H]1C(=O)NCC1(C)CCC1. The minimum Gasteiger partial charge on any atom is -0.496 e. The van der Waals surface area contributed by atoms with E-state index in [1.54, 1.807) is 0 Å². The van der Waals surface area contributed by atoms with Gasteiger partial charge in [-0.05, 0) is 81.1 Å². The van der Waals surface area contributed by atoms with Crippen LogP contribution in [-0.4, -0.2) is 43.8 Å². The summed E-state index contributed by atoms with van der Waals surface area (Å²) in [4.78, 5) is 26.7. The largest absolute Gasteiger partial charge is 0.496 e. The Hall–Kier alpha value is -2.52. The van der Waals surface area contributed by atoms with Crippen molar-refractivity contribution in [3.8, 4) is 11.5 Å². The van der Waals surface area contributed by atoms with Crippen molar-refractivity contribution >= 4 is 11.8 Å². The number of ether oxygens (including phenoxy) is 2. The van der Waals surface area contributed by atoms with Crippen LogP contribution in [0.3, 0.4) is 0 Å². The van der Waals surface area contributed by atoms with Crippen LogP contribution in [0.5, 0.6) is 11.5 Å². The van der Waals surface area contributed by atoms with E-state index in [2.05, 4.69) is 17.6 Å². The molecule has 0 saturated heterocycles. The van der Waals surface area contributed by atoms with E-state index in [0.717, 1.165) is 38.2 Å². The van der Waals surface area contributed by atoms with Crippen molar-refractivity contribution in [3.05, 3.63) is 23.5 Å². The second-order valence-corrected chi connectivity index (χ2v) is 12.4. The molecule has 4 atom stereocenters. The van der Waals surface area contributed by atoms with Crippen LogP contribution >= 0.6 is 0 Å². The molecule has 39 heavy (non-hydrogen) atoms. The van der Waals surface area contributed by atoms with Gasteiger partial charge in [0.2, 0.25) is 5.91 Å². The van der Waals surface area contributed by atoms with Crippen LogP contribution in [0.2, 0.25) is 0 Å². The number of carbonyl (C=O) groups excluding carboxylic acids is 2. The van der Waals surface area contributed by atoms with Gasteiger partial charge in [0.1, 0.15) is 5.75 Å². The van der Waals surface area contributed by atoms with E-state index in [-0.39, 0.29) is 77.9 Å². The highest BCUT2D eigenvalue weighted by Crippen LogP contribution is 2.49. The van der Waals surface area contributed by atoms with Crippen LogP contribution in [0.25, 0.3) is 0 Å². The number of methoxy groups -OCH3 is 1. The zero-order valence-corrected chi connectivity index (χ0v) is 22.5. The molecule has 2 amide bonds. The third-order valence-electron chi connectivity index (χ3n) is 9.70. The molecule has 6 nitrogen and oxygen atoms in total. The zero-order chi connectivity index (χ0) is 27.9. The summed E-state index contributed by atoms with van der Waals surface area (Å²) in [6.45, 7) is 2.82. The smallest absolute Gasteiger partial charge is 0.391 e. The monoisotopic (exact) mass is 554 g/mol. The van der Waals surface area contributed by atoms with E-state index < -0.39 is 29.9 Å². The molecule has 2 N–H and O–H groups in total. The first-order chi connectivity index (χ1) is 18.5. The maximum atomic E-state index is 14.8. The number of benzene rings is 1. The number of amides is 2. The Morgan fingerprint density at radius 2 is 1.72 bits per heavy atom. The lowest BCUT2D eigenvalue weighted by atomic mass is 9.70. The Kier molecular flexibility index (Phi) is 7.76. The van der Waals surface area contributed by atoms with Gasteiger partial charge in [-0.1, -0.05) is 13.3 Å². The first kappa shape index (κ1) is 28.0. The summed E-state index contributed by atoms with van der Waals surface area (Å²) in [5.41, 5.74) is 0.220.